The Morgan fingerprint density at radius 3 is 2.80 bits per heavy atom. The Morgan fingerprint density at radius 2 is 2.10 bits per heavy atom. The summed E-state index contributed by atoms with van der Waals surface area (Å²) in [6, 6.07) is 2.11. The summed E-state index contributed by atoms with van der Waals surface area (Å²) in [5.41, 5.74) is 1.16. The maximum absolute atomic E-state index is 5.95. The van der Waals surface area contributed by atoms with Gasteiger partial charge in [0.15, 0.2) is 0 Å². The van der Waals surface area contributed by atoms with Crippen molar-refractivity contribution in [2.45, 2.75) is 52.9 Å². The second kappa shape index (κ2) is 7.81. The van der Waals surface area contributed by atoms with Crippen LogP contribution in [0.4, 0.5) is 0 Å². The topological polar surface area (TPSA) is 43.6 Å². The van der Waals surface area contributed by atoms with Gasteiger partial charge in [-0.2, -0.15) is 0 Å². The van der Waals surface area contributed by atoms with Gasteiger partial charge in [0.05, 0.1) is 19.3 Å². The normalized spacial score (nSPS) is 17.0. The minimum Gasteiger partial charge on any atom is -0.465 e. The van der Waals surface area contributed by atoms with Crippen LogP contribution in [0.3, 0.4) is 0 Å². The first-order valence-electron chi connectivity index (χ1n) is 7.63. The zero-order chi connectivity index (χ0) is 14.4. The van der Waals surface area contributed by atoms with Crippen molar-refractivity contribution in [3.8, 4) is 0 Å². The number of nitrogens with one attached hydrogen (secondary N) is 1. The third-order valence-electron chi connectivity index (χ3n) is 3.57. The molecule has 2 heterocycles. The summed E-state index contributed by atoms with van der Waals surface area (Å²) in [7, 11) is 0. The maximum atomic E-state index is 5.95. The lowest BCUT2D eigenvalue weighted by molar-refractivity contribution is -0.0393. The minimum absolute atomic E-state index is 0.334. The van der Waals surface area contributed by atoms with Crippen molar-refractivity contribution >= 4 is 0 Å². The molecule has 1 aliphatic heterocycles. The number of hydrogen-bond donors (Lipinski definition) is 1. The Bertz CT molecular complexity index is 394. The van der Waals surface area contributed by atoms with Crippen LogP contribution in [0, 0.1) is 12.8 Å². The van der Waals surface area contributed by atoms with E-state index in [0.29, 0.717) is 18.6 Å². The van der Waals surface area contributed by atoms with Gasteiger partial charge in [-0.25, -0.2) is 0 Å². The molecule has 0 atom stereocenters. The predicted octanol–water partition coefficient (Wildman–Crippen LogP) is 3.03. The van der Waals surface area contributed by atoms with Gasteiger partial charge in [0.25, 0.3) is 0 Å². The highest BCUT2D eigenvalue weighted by atomic mass is 16.5. The molecule has 1 aromatic heterocycles. The van der Waals surface area contributed by atoms with Gasteiger partial charge < -0.3 is 19.2 Å². The molecule has 1 saturated heterocycles. The van der Waals surface area contributed by atoms with Crippen LogP contribution < -0.4 is 5.32 Å². The molecule has 0 saturated carbocycles. The number of ether oxygens (including phenoxy) is 2. The molecule has 114 valence electrons. The highest BCUT2D eigenvalue weighted by molar-refractivity contribution is 5.20. The van der Waals surface area contributed by atoms with Crippen molar-refractivity contribution < 1.29 is 13.9 Å². The van der Waals surface area contributed by atoms with Crippen molar-refractivity contribution in [1.29, 1.82) is 0 Å². The van der Waals surface area contributed by atoms with Gasteiger partial charge in [-0.05, 0) is 38.3 Å². The Morgan fingerprint density at radius 1 is 1.35 bits per heavy atom. The van der Waals surface area contributed by atoms with Crippen molar-refractivity contribution in [3.05, 3.63) is 23.2 Å². The van der Waals surface area contributed by atoms with Crippen LogP contribution in [-0.4, -0.2) is 25.9 Å². The second-order valence-electron chi connectivity index (χ2n) is 5.94. The quantitative estimate of drug-likeness (QED) is 0.834. The molecule has 1 aliphatic rings. The number of aryl methyl sites for hydroxylation is 1. The molecule has 0 radical (unpaired) electrons. The van der Waals surface area contributed by atoms with Gasteiger partial charge in [-0.1, -0.05) is 13.8 Å². The van der Waals surface area contributed by atoms with Crippen LogP contribution in [0.5, 0.6) is 0 Å². The maximum Gasteiger partial charge on any atom is 0.118 e. The fourth-order valence-corrected chi connectivity index (χ4v) is 2.35. The predicted molar refractivity (Wildman–Crippen MR) is 78.6 cm³/mol. The van der Waals surface area contributed by atoms with Crippen LogP contribution in [0.25, 0.3) is 0 Å². The van der Waals surface area contributed by atoms with Gasteiger partial charge in [0.2, 0.25) is 0 Å². The molecule has 0 unspecified atom stereocenters. The molecule has 0 aromatic carbocycles. The first-order valence-corrected chi connectivity index (χ1v) is 7.63. The summed E-state index contributed by atoms with van der Waals surface area (Å²) in [5, 5.41) is 3.40. The molecule has 1 N–H and O–H groups in total. The first-order chi connectivity index (χ1) is 9.65. The fourth-order valence-electron chi connectivity index (χ4n) is 2.35. The smallest absolute Gasteiger partial charge is 0.118 e. The molecule has 0 bridgehead atoms. The minimum atomic E-state index is 0.334. The van der Waals surface area contributed by atoms with Crippen LogP contribution in [-0.2, 0) is 22.6 Å². The number of hydrogen-bond acceptors (Lipinski definition) is 4. The molecule has 0 spiro atoms. The van der Waals surface area contributed by atoms with E-state index in [0.717, 1.165) is 56.2 Å². The molecule has 20 heavy (non-hydrogen) atoms. The van der Waals surface area contributed by atoms with Gasteiger partial charge >= 0.3 is 0 Å². The van der Waals surface area contributed by atoms with E-state index in [2.05, 4.69) is 25.2 Å². The van der Waals surface area contributed by atoms with E-state index < -0.39 is 0 Å². The average Bonchev–Trinajstić information content (AvgIpc) is 2.78. The van der Waals surface area contributed by atoms with Crippen molar-refractivity contribution in [3.63, 3.8) is 0 Å². The summed E-state index contributed by atoms with van der Waals surface area (Å²) < 4.78 is 17.1. The fraction of sp³-hybridized carbons (Fsp3) is 0.750. The highest BCUT2D eigenvalue weighted by Gasteiger charge is 2.15. The largest absolute Gasteiger partial charge is 0.465 e. The number of furan rings is 1. The standard InChI is InChI=1S/C16H27NO3/c1-12(2)9-17-10-16-8-14(13(3)20-16)11-19-15-4-6-18-7-5-15/h8,12,15,17H,4-7,9-11H2,1-3H3. The molecule has 4 nitrogen and oxygen atoms in total. The van der Waals surface area contributed by atoms with E-state index in [1.807, 2.05) is 6.92 Å². The summed E-state index contributed by atoms with van der Waals surface area (Å²) >= 11 is 0. The highest BCUT2D eigenvalue weighted by Crippen LogP contribution is 2.19. The van der Waals surface area contributed by atoms with Crippen LogP contribution in [0.2, 0.25) is 0 Å². The lowest BCUT2D eigenvalue weighted by Gasteiger charge is -2.22. The molecule has 0 aliphatic carbocycles. The SMILES string of the molecule is Cc1oc(CNCC(C)C)cc1COC1CCOCC1. The van der Waals surface area contributed by atoms with E-state index >= 15 is 0 Å². The summed E-state index contributed by atoms with van der Waals surface area (Å²) in [6.07, 6.45) is 2.33. The Balaban J connectivity index is 1.77. The average molecular weight is 281 g/mol. The van der Waals surface area contributed by atoms with E-state index in [9.17, 15) is 0 Å². The summed E-state index contributed by atoms with van der Waals surface area (Å²) in [5.74, 6) is 2.62. The third-order valence-corrected chi connectivity index (χ3v) is 3.57. The lowest BCUT2D eigenvalue weighted by Crippen LogP contribution is -2.23. The Kier molecular flexibility index (Phi) is 6.07. The van der Waals surface area contributed by atoms with E-state index in [1.54, 1.807) is 0 Å². The second-order valence-corrected chi connectivity index (χ2v) is 5.94. The summed E-state index contributed by atoms with van der Waals surface area (Å²) in [4.78, 5) is 0. The molecule has 1 aromatic rings. The Labute approximate surface area is 121 Å². The van der Waals surface area contributed by atoms with E-state index in [-0.39, 0.29) is 0 Å². The third kappa shape index (κ3) is 4.93. The molecule has 2 rings (SSSR count). The molecule has 1 fully saturated rings. The zero-order valence-corrected chi connectivity index (χ0v) is 12.9. The van der Waals surface area contributed by atoms with Gasteiger partial charge in [-0.15, -0.1) is 0 Å². The molecule has 0 amide bonds. The van der Waals surface area contributed by atoms with Crippen LogP contribution in [0.15, 0.2) is 10.5 Å². The molecular weight excluding hydrogens is 254 g/mol. The van der Waals surface area contributed by atoms with Crippen LogP contribution in [0.1, 0.15) is 43.8 Å². The Hall–Kier alpha value is -0.840. The van der Waals surface area contributed by atoms with E-state index in [1.165, 1.54) is 0 Å². The van der Waals surface area contributed by atoms with E-state index in [4.69, 9.17) is 13.9 Å². The zero-order valence-electron chi connectivity index (χ0n) is 12.9. The van der Waals surface area contributed by atoms with Crippen molar-refractivity contribution in [2.24, 2.45) is 5.92 Å². The first kappa shape index (κ1) is 15.5. The number of rotatable bonds is 7. The van der Waals surface area contributed by atoms with Gasteiger partial charge in [-0.3, -0.25) is 0 Å². The summed E-state index contributed by atoms with van der Waals surface area (Å²) in [6.45, 7) is 10.5. The van der Waals surface area contributed by atoms with Crippen molar-refractivity contribution in [1.82, 2.24) is 5.32 Å². The van der Waals surface area contributed by atoms with Gasteiger partial charge in [0, 0.05) is 18.8 Å². The van der Waals surface area contributed by atoms with Gasteiger partial charge in [0.1, 0.15) is 11.5 Å². The lowest BCUT2D eigenvalue weighted by atomic mass is 10.1. The van der Waals surface area contributed by atoms with Crippen LogP contribution >= 0.6 is 0 Å². The van der Waals surface area contributed by atoms with Crippen molar-refractivity contribution in [2.75, 3.05) is 19.8 Å². The molecular formula is C16H27NO3. The monoisotopic (exact) mass is 281 g/mol. The molecule has 4 heteroatoms.